The Morgan fingerprint density at radius 2 is 1.00 bits per heavy atom. The van der Waals surface area contributed by atoms with Crippen LogP contribution in [0.3, 0.4) is 0 Å². The van der Waals surface area contributed by atoms with Crippen molar-refractivity contribution in [2.45, 2.75) is 0 Å². The number of hydrogen-bond donors (Lipinski definition) is 2. The lowest BCUT2D eigenvalue weighted by molar-refractivity contribution is 1.08. The van der Waals surface area contributed by atoms with Crippen molar-refractivity contribution < 1.29 is 0 Å². The van der Waals surface area contributed by atoms with E-state index in [9.17, 15) is 0 Å². The van der Waals surface area contributed by atoms with E-state index in [0.717, 1.165) is 24.5 Å². The van der Waals surface area contributed by atoms with Gasteiger partial charge in [-0.1, -0.05) is 46.4 Å². The van der Waals surface area contributed by atoms with Gasteiger partial charge >= 0.3 is 0 Å². The Morgan fingerprint density at radius 1 is 0.600 bits per heavy atom. The second-order valence-electron chi connectivity index (χ2n) is 4.11. The van der Waals surface area contributed by atoms with Gasteiger partial charge < -0.3 is 10.6 Å². The van der Waals surface area contributed by atoms with E-state index in [1.807, 2.05) is 12.1 Å². The fourth-order valence-electron chi connectivity index (χ4n) is 1.63. The molecule has 2 nitrogen and oxygen atoms in total. The molecule has 20 heavy (non-hydrogen) atoms. The first-order valence-electron chi connectivity index (χ1n) is 5.94. The maximum Gasteiger partial charge on any atom is 0.0612 e. The molecule has 0 unspecified atom stereocenters. The second-order valence-corrected chi connectivity index (χ2v) is 5.74. The fraction of sp³-hybridized carbons (Fsp3) is 0.143. The minimum atomic E-state index is 0.536. The van der Waals surface area contributed by atoms with Crippen LogP contribution in [0, 0.1) is 0 Å². The molecule has 0 atom stereocenters. The van der Waals surface area contributed by atoms with E-state index in [-0.39, 0.29) is 0 Å². The highest BCUT2D eigenvalue weighted by molar-refractivity contribution is 6.42. The molecular weight excluding hydrogens is 338 g/mol. The quantitative estimate of drug-likeness (QED) is 0.664. The number of benzene rings is 2. The van der Waals surface area contributed by atoms with E-state index >= 15 is 0 Å². The molecule has 6 heteroatoms. The number of rotatable bonds is 5. The van der Waals surface area contributed by atoms with E-state index in [2.05, 4.69) is 10.6 Å². The maximum atomic E-state index is 5.94. The molecule has 0 aliphatic carbocycles. The van der Waals surface area contributed by atoms with Crippen molar-refractivity contribution in [1.29, 1.82) is 0 Å². The molecule has 0 saturated carbocycles. The number of nitrogens with one attached hydrogen (secondary N) is 2. The van der Waals surface area contributed by atoms with Gasteiger partial charge in [0.1, 0.15) is 0 Å². The average molecular weight is 350 g/mol. The molecule has 0 aliphatic heterocycles. The Balaban J connectivity index is 1.81. The van der Waals surface area contributed by atoms with Gasteiger partial charge in [0.05, 0.1) is 20.1 Å². The Hall–Kier alpha value is -0.800. The van der Waals surface area contributed by atoms with Crippen LogP contribution in [0.5, 0.6) is 0 Å². The summed E-state index contributed by atoms with van der Waals surface area (Å²) in [6.45, 7) is 1.47. The topological polar surface area (TPSA) is 24.1 Å². The van der Waals surface area contributed by atoms with Crippen LogP contribution in [0.1, 0.15) is 0 Å². The van der Waals surface area contributed by atoms with Gasteiger partial charge in [0.2, 0.25) is 0 Å². The van der Waals surface area contributed by atoms with Gasteiger partial charge in [0.25, 0.3) is 0 Å². The predicted molar refractivity (Wildman–Crippen MR) is 89.9 cm³/mol. The van der Waals surface area contributed by atoms with Crippen molar-refractivity contribution in [2.75, 3.05) is 23.7 Å². The van der Waals surface area contributed by atoms with Gasteiger partial charge in [0.15, 0.2) is 0 Å². The van der Waals surface area contributed by atoms with Crippen molar-refractivity contribution in [3.05, 3.63) is 56.5 Å². The second kappa shape index (κ2) is 7.28. The predicted octanol–water partition coefficient (Wildman–Crippen LogP) is 5.82. The molecule has 0 radical (unpaired) electrons. The van der Waals surface area contributed by atoms with Crippen LogP contribution in [-0.4, -0.2) is 13.1 Å². The van der Waals surface area contributed by atoms with Crippen LogP contribution in [0.4, 0.5) is 11.4 Å². The lowest BCUT2D eigenvalue weighted by Gasteiger charge is -2.10. The molecule has 0 aliphatic rings. The smallest absolute Gasteiger partial charge is 0.0612 e. The van der Waals surface area contributed by atoms with Gasteiger partial charge in [0, 0.05) is 24.5 Å². The maximum absolute atomic E-state index is 5.94. The molecule has 2 rings (SSSR count). The Labute approximate surface area is 138 Å². The standard InChI is InChI=1S/C14H12Cl4N2/c15-11-3-1-9(7-13(11)17)19-5-6-20-10-2-4-12(16)14(18)8-10/h1-4,7-8,19-20H,5-6H2. The number of halogens is 4. The Kier molecular flexibility index (Phi) is 5.67. The first-order valence-corrected chi connectivity index (χ1v) is 7.45. The van der Waals surface area contributed by atoms with Crippen LogP contribution in [0.2, 0.25) is 20.1 Å². The normalized spacial score (nSPS) is 10.4. The highest BCUT2D eigenvalue weighted by Crippen LogP contribution is 2.26. The zero-order valence-corrected chi connectivity index (χ0v) is 13.4. The highest BCUT2D eigenvalue weighted by atomic mass is 35.5. The van der Waals surface area contributed by atoms with Crippen LogP contribution in [0.25, 0.3) is 0 Å². The Morgan fingerprint density at radius 3 is 1.35 bits per heavy atom. The summed E-state index contributed by atoms with van der Waals surface area (Å²) in [6.07, 6.45) is 0. The summed E-state index contributed by atoms with van der Waals surface area (Å²) in [7, 11) is 0. The zero-order chi connectivity index (χ0) is 14.5. The summed E-state index contributed by atoms with van der Waals surface area (Å²) in [5.41, 5.74) is 1.85. The number of hydrogen-bond acceptors (Lipinski definition) is 2. The monoisotopic (exact) mass is 348 g/mol. The van der Waals surface area contributed by atoms with Gasteiger partial charge in [-0.3, -0.25) is 0 Å². The van der Waals surface area contributed by atoms with Gasteiger partial charge in [-0.05, 0) is 36.4 Å². The molecule has 2 aromatic carbocycles. The number of anilines is 2. The first-order chi connectivity index (χ1) is 9.56. The van der Waals surface area contributed by atoms with Crippen molar-refractivity contribution >= 4 is 57.8 Å². The summed E-state index contributed by atoms with van der Waals surface area (Å²) in [6, 6.07) is 10.9. The first kappa shape index (κ1) is 15.6. The van der Waals surface area contributed by atoms with E-state index < -0.39 is 0 Å². The largest absolute Gasteiger partial charge is 0.383 e. The summed E-state index contributed by atoms with van der Waals surface area (Å²) < 4.78 is 0. The van der Waals surface area contributed by atoms with Crippen LogP contribution >= 0.6 is 46.4 Å². The van der Waals surface area contributed by atoms with Crippen LogP contribution < -0.4 is 10.6 Å². The summed E-state index contributed by atoms with van der Waals surface area (Å²) in [5, 5.41) is 8.66. The van der Waals surface area contributed by atoms with Gasteiger partial charge in [-0.25, -0.2) is 0 Å². The summed E-state index contributed by atoms with van der Waals surface area (Å²) >= 11 is 23.6. The molecule has 0 fully saturated rings. The Bertz CT molecular complexity index is 548. The molecule has 2 N–H and O–H groups in total. The zero-order valence-electron chi connectivity index (χ0n) is 10.4. The third-order valence-corrected chi connectivity index (χ3v) is 4.10. The molecule has 0 spiro atoms. The van der Waals surface area contributed by atoms with E-state index in [0.29, 0.717) is 20.1 Å². The third kappa shape index (κ3) is 4.35. The van der Waals surface area contributed by atoms with Crippen molar-refractivity contribution in [2.24, 2.45) is 0 Å². The van der Waals surface area contributed by atoms with Gasteiger partial charge in [-0.15, -0.1) is 0 Å². The molecule has 106 valence electrons. The van der Waals surface area contributed by atoms with E-state index in [1.165, 1.54) is 0 Å². The summed E-state index contributed by atoms with van der Waals surface area (Å²) in [4.78, 5) is 0. The highest BCUT2D eigenvalue weighted by Gasteiger charge is 2.00. The lowest BCUT2D eigenvalue weighted by Crippen LogP contribution is -2.13. The van der Waals surface area contributed by atoms with Crippen molar-refractivity contribution in [3.8, 4) is 0 Å². The van der Waals surface area contributed by atoms with Gasteiger partial charge in [-0.2, -0.15) is 0 Å². The molecule has 0 bridgehead atoms. The van der Waals surface area contributed by atoms with Crippen LogP contribution in [0.15, 0.2) is 36.4 Å². The SMILES string of the molecule is Clc1ccc(NCCNc2ccc(Cl)c(Cl)c2)cc1Cl. The average Bonchev–Trinajstić information content (AvgIpc) is 2.42. The van der Waals surface area contributed by atoms with E-state index in [1.54, 1.807) is 24.3 Å². The molecular formula is C14H12Cl4N2. The van der Waals surface area contributed by atoms with Crippen molar-refractivity contribution in [3.63, 3.8) is 0 Å². The minimum absolute atomic E-state index is 0.536. The molecule has 0 heterocycles. The molecule has 0 aromatic heterocycles. The third-order valence-electron chi connectivity index (χ3n) is 2.62. The molecule has 0 saturated heterocycles. The minimum Gasteiger partial charge on any atom is -0.383 e. The molecule has 0 amide bonds. The summed E-state index contributed by atoms with van der Waals surface area (Å²) in [5.74, 6) is 0. The lowest BCUT2D eigenvalue weighted by atomic mass is 10.3. The van der Waals surface area contributed by atoms with Crippen molar-refractivity contribution in [1.82, 2.24) is 0 Å². The fourth-order valence-corrected chi connectivity index (χ4v) is 2.22. The van der Waals surface area contributed by atoms with Crippen LogP contribution in [-0.2, 0) is 0 Å². The molecule has 2 aromatic rings. The van der Waals surface area contributed by atoms with E-state index in [4.69, 9.17) is 46.4 Å².